The quantitative estimate of drug-likeness (QED) is 0.506. The molecule has 1 N–H and O–H groups in total. The number of carbonyl (C=O) groups is 2. The van der Waals surface area contributed by atoms with Crippen LogP contribution in [0.5, 0.6) is 0 Å². The van der Waals surface area contributed by atoms with Crippen molar-refractivity contribution in [3.8, 4) is 11.4 Å². The standard InChI is InChI=1S/C20H17ClN4O2S/c1-25-19(14-4-2-3-5-15(14)21)23-24-20(25)28-11-17(26)13-6-8-16-12(10-13)7-9-18(27)22-16/h2-6,8,10H,7,9,11H2,1H3,(H,22,27). The highest BCUT2D eigenvalue weighted by Gasteiger charge is 2.18. The molecule has 2 aromatic carbocycles. The number of halogens is 1. The van der Waals surface area contributed by atoms with E-state index in [4.69, 9.17) is 11.6 Å². The van der Waals surface area contributed by atoms with Gasteiger partial charge in [0.25, 0.3) is 0 Å². The molecule has 0 unspecified atom stereocenters. The maximum atomic E-state index is 12.6. The molecular formula is C20H17ClN4O2S. The van der Waals surface area contributed by atoms with E-state index < -0.39 is 0 Å². The van der Waals surface area contributed by atoms with E-state index >= 15 is 0 Å². The van der Waals surface area contributed by atoms with E-state index in [0.717, 1.165) is 16.8 Å². The molecule has 1 aromatic heterocycles. The second-order valence-electron chi connectivity index (χ2n) is 6.48. The molecule has 0 fully saturated rings. The number of nitrogens with zero attached hydrogens (tertiary/aromatic N) is 3. The summed E-state index contributed by atoms with van der Waals surface area (Å²) in [7, 11) is 1.85. The van der Waals surface area contributed by atoms with Gasteiger partial charge in [0.15, 0.2) is 16.8 Å². The number of carbonyl (C=O) groups excluding carboxylic acids is 2. The first-order valence-corrected chi connectivity index (χ1v) is 10.1. The van der Waals surface area contributed by atoms with E-state index in [9.17, 15) is 9.59 Å². The maximum Gasteiger partial charge on any atom is 0.224 e. The Balaban J connectivity index is 1.47. The van der Waals surface area contributed by atoms with Crippen molar-refractivity contribution in [1.82, 2.24) is 14.8 Å². The molecule has 1 amide bonds. The Morgan fingerprint density at radius 3 is 2.86 bits per heavy atom. The van der Waals surface area contributed by atoms with Crippen LogP contribution >= 0.6 is 23.4 Å². The lowest BCUT2D eigenvalue weighted by Gasteiger charge is -2.17. The van der Waals surface area contributed by atoms with E-state index in [1.165, 1.54) is 11.8 Å². The van der Waals surface area contributed by atoms with Gasteiger partial charge in [-0.1, -0.05) is 35.5 Å². The maximum absolute atomic E-state index is 12.6. The fraction of sp³-hybridized carbons (Fsp3) is 0.200. The first-order valence-electron chi connectivity index (χ1n) is 8.76. The van der Waals surface area contributed by atoms with Crippen LogP contribution in [0.2, 0.25) is 5.02 Å². The van der Waals surface area contributed by atoms with Crippen LogP contribution in [-0.2, 0) is 18.3 Å². The van der Waals surface area contributed by atoms with Gasteiger partial charge in [-0.3, -0.25) is 9.59 Å². The number of amides is 1. The number of rotatable bonds is 5. The molecule has 8 heteroatoms. The fourth-order valence-electron chi connectivity index (χ4n) is 3.09. The Morgan fingerprint density at radius 2 is 2.04 bits per heavy atom. The summed E-state index contributed by atoms with van der Waals surface area (Å²) in [6, 6.07) is 12.9. The summed E-state index contributed by atoms with van der Waals surface area (Å²) in [5.74, 6) is 0.926. The third kappa shape index (κ3) is 3.68. The second kappa shape index (κ2) is 7.77. The Labute approximate surface area is 171 Å². The van der Waals surface area contributed by atoms with Crippen LogP contribution in [0.15, 0.2) is 47.6 Å². The highest BCUT2D eigenvalue weighted by molar-refractivity contribution is 7.99. The van der Waals surface area contributed by atoms with E-state index in [1.54, 1.807) is 18.2 Å². The zero-order valence-electron chi connectivity index (χ0n) is 15.1. The lowest BCUT2D eigenvalue weighted by atomic mass is 9.99. The van der Waals surface area contributed by atoms with Gasteiger partial charge >= 0.3 is 0 Å². The molecule has 1 aliphatic heterocycles. The average molecular weight is 413 g/mol. The van der Waals surface area contributed by atoms with Crippen LogP contribution < -0.4 is 5.32 Å². The predicted octanol–water partition coefficient (Wildman–Crippen LogP) is 4.00. The summed E-state index contributed by atoms with van der Waals surface area (Å²) >= 11 is 7.58. The minimum atomic E-state index is 0.00648. The van der Waals surface area contributed by atoms with Crippen molar-refractivity contribution in [2.75, 3.05) is 11.1 Å². The van der Waals surface area contributed by atoms with Crippen LogP contribution in [-0.4, -0.2) is 32.2 Å². The molecule has 3 aromatic rings. The van der Waals surface area contributed by atoms with Crippen LogP contribution in [0.4, 0.5) is 5.69 Å². The molecule has 0 saturated carbocycles. The van der Waals surface area contributed by atoms with Crippen molar-refractivity contribution in [1.29, 1.82) is 0 Å². The van der Waals surface area contributed by atoms with Gasteiger partial charge in [0.05, 0.1) is 10.8 Å². The SMILES string of the molecule is Cn1c(SCC(=O)c2ccc3c(c2)CCC(=O)N3)nnc1-c1ccccc1Cl. The van der Waals surface area contributed by atoms with E-state index in [0.29, 0.717) is 34.4 Å². The van der Waals surface area contributed by atoms with Gasteiger partial charge in [0, 0.05) is 30.3 Å². The number of fused-ring (bicyclic) bond motifs is 1. The van der Waals surface area contributed by atoms with Crippen LogP contribution in [0.1, 0.15) is 22.3 Å². The number of anilines is 1. The molecule has 0 atom stereocenters. The normalized spacial score (nSPS) is 13.1. The molecule has 4 rings (SSSR count). The predicted molar refractivity (Wildman–Crippen MR) is 110 cm³/mol. The number of hydrogen-bond donors (Lipinski definition) is 1. The highest BCUT2D eigenvalue weighted by atomic mass is 35.5. The van der Waals surface area contributed by atoms with Crippen molar-refractivity contribution in [3.05, 3.63) is 58.6 Å². The zero-order chi connectivity index (χ0) is 19.7. The summed E-state index contributed by atoms with van der Waals surface area (Å²) in [6.07, 6.45) is 1.10. The van der Waals surface area contributed by atoms with Crippen molar-refractivity contribution >= 4 is 40.7 Å². The average Bonchev–Trinajstić information content (AvgIpc) is 3.06. The van der Waals surface area contributed by atoms with Gasteiger partial charge in [-0.15, -0.1) is 10.2 Å². The smallest absolute Gasteiger partial charge is 0.224 e. The molecule has 0 radical (unpaired) electrons. The van der Waals surface area contributed by atoms with Crippen LogP contribution in [0.3, 0.4) is 0 Å². The van der Waals surface area contributed by atoms with Crippen molar-refractivity contribution < 1.29 is 9.59 Å². The van der Waals surface area contributed by atoms with Gasteiger partial charge in [-0.25, -0.2) is 0 Å². The number of thioether (sulfide) groups is 1. The molecule has 28 heavy (non-hydrogen) atoms. The van der Waals surface area contributed by atoms with Gasteiger partial charge in [0.1, 0.15) is 0 Å². The first kappa shape index (κ1) is 18.7. The summed E-state index contributed by atoms with van der Waals surface area (Å²) in [5, 5.41) is 12.5. The van der Waals surface area contributed by atoms with E-state index in [-0.39, 0.29) is 17.4 Å². The van der Waals surface area contributed by atoms with E-state index in [2.05, 4.69) is 15.5 Å². The van der Waals surface area contributed by atoms with Crippen molar-refractivity contribution in [3.63, 3.8) is 0 Å². The largest absolute Gasteiger partial charge is 0.326 e. The number of aryl methyl sites for hydroxylation is 1. The fourth-order valence-corrected chi connectivity index (χ4v) is 4.11. The summed E-state index contributed by atoms with van der Waals surface area (Å²) in [5.41, 5.74) is 3.22. The Bertz CT molecular complexity index is 1080. The van der Waals surface area contributed by atoms with Gasteiger partial charge < -0.3 is 9.88 Å². The van der Waals surface area contributed by atoms with Crippen LogP contribution in [0, 0.1) is 0 Å². The Kier molecular flexibility index (Phi) is 5.19. The molecule has 1 aliphatic rings. The zero-order valence-corrected chi connectivity index (χ0v) is 16.7. The third-order valence-electron chi connectivity index (χ3n) is 4.60. The minimum absolute atomic E-state index is 0.00648. The topological polar surface area (TPSA) is 76.9 Å². The summed E-state index contributed by atoms with van der Waals surface area (Å²) < 4.78 is 1.83. The summed E-state index contributed by atoms with van der Waals surface area (Å²) in [4.78, 5) is 24.1. The molecule has 2 heterocycles. The Hall–Kier alpha value is -2.64. The molecule has 0 aliphatic carbocycles. The number of nitrogens with one attached hydrogen (secondary N) is 1. The number of ketones is 1. The van der Waals surface area contributed by atoms with Crippen LogP contribution in [0.25, 0.3) is 11.4 Å². The molecule has 0 saturated heterocycles. The third-order valence-corrected chi connectivity index (χ3v) is 5.95. The molecule has 6 nitrogen and oxygen atoms in total. The lowest BCUT2D eigenvalue weighted by Crippen LogP contribution is -2.19. The number of Topliss-reactive ketones (excluding diaryl/α,β-unsaturated/α-hetero) is 1. The number of benzene rings is 2. The van der Waals surface area contributed by atoms with Crippen molar-refractivity contribution in [2.24, 2.45) is 7.05 Å². The second-order valence-corrected chi connectivity index (χ2v) is 7.83. The van der Waals surface area contributed by atoms with E-state index in [1.807, 2.05) is 35.9 Å². The Morgan fingerprint density at radius 1 is 1.21 bits per heavy atom. The monoisotopic (exact) mass is 412 g/mol. The van der Waals surface area contributed by atoms with Crippen molar-refractivity contribution in [2.45, 2.75) is 18.0 Å². The number of aromatic nitrogens is 3. The molecular weight excluding hydrogens is 396 g/mol. The van der Waals surface area contributed by atoms with Gasteiger partial charge in [-0.2, -0.15) is 0 Å². The summed E-state index contributed by atoms with van der Waals surface area (Å²) in [6.45, 7) is 0. The lowest BCUT2D eigenvalue weighted by molar-refractivity contribution is -0.116. The number of hydrogen-bond acceptors (Lipinski definition) is 5. The minimum Gasteiger partial charge on any atom is -0.326 e. The highest BCUT2D eigenvalue weighted by Crippen LogP contribution is 2.29. The molecule has 0 bridgehead atoms. The van der Waals surface area contributed by atoms with Gasteiger partial charge in [0.2, 0.25) is 5.91 Å². The van der Waals surface area contributed by atoms with Gasteiger partial charge in [-0.05, 0) is 42.3 Å². The first-order chi connectivity index (χ1) is 13.5. The molecule has 0 spiro atoms. The molecule has 142 valence electrons.